The maximum absolute atomic E-state index is 12.2. The van der Waals surface area contributed by atoms with E-state index in [0.29, 0.717) is 17.1 Å². The second-order valence-electron chi connectivity index (χ2n) is 9.10. The summed E-state index contributed by atoms with van der Waals surface area (Å²) in [7, 11) is -9.92. The summed E-state index contributed by atoms with van der Waals surface area (Å²) in [4.78, 5) is -1.41. The molecule has 0 spiro atoms. The van der Waals surface area contributed by atoms with Gasteiger partial charge in [0, 0.05) is 5.69 Å². The molecule has 222 valence electrons. The van der Waals surface area contributed by atoms with E-state index in [0.717, 1.165) is 12.1 Å². The molecule has 0 aromatic heterocycles. The molecule has 46 heavy (non-hydrogen) atoms. The molecule has 0 bridgehead atoms. The van der Waals surface area contributed by atoms with Gasteiger partial charge in [-0.05, 0) is 83.6 Å². The Morgan fingerprint density at radius 1 is 0.565 bits per heavy atom. The van der Waals surface area contributed by atoms with Crippen LogP contribution in [0, 0.1) is 0 Å². The largest absolute Gasteiger partial charge is 1.00 e. The first-order chi connectivity index (χ1) is 20.9. The molecule has 0 fully saturated rings. The van der Waals surface area contributed by atoms with Crippen LogP contribution in [0.5, 0.6) is 5.75 Å². The van der Waals surface area contributed by atoms with Crippen LogP contribution >= 0.6 is 0 Å². The van der Waals surface area contributed by atoms with Gasteiger partial charge in [0.25, 0.3) is 10.1 Å². The van der Waals surface area contributed by atoms with Gasteiger partial charge in [-0.1, -0.05) is 30.0 Å². The number of hydrogen-bond donors (Lipinski definition) is 2. The van der Waals surface area contributed by atoms with Crippen molar-refractivity contribution in [2.45, 2.75) is 9.79 Å². The third-order valence-electron chi connectivity index (χ3n) is 5.95. The van der Waals surface area contributed by atoms with Gasteiger partial charge < -0.3 is 15.4 Å². The molecule has 5 aromatic carbocycles. The molecule has 0 heterocycles. The van der Waals surface area contributed by atoms with E-state index in [1.807, 2.05) is 0 Å². The standard InChI is InChI=1S/C28H21N7O7S2.2Na/c29-19-6-11-26(36)23(16-19)33-31-21-7-9-22(10-8-21)32-35-25-13-17-12-24(34-30-20-4-2-1-3-5-20)27(43(37,38)39)14-18(17)15-28(25)44(40,41)42;;/h1-16,36H,29H2,(H,37,38,39)(H,40,41,42);;/q;2*+1/p-2. The van der Waals surface area contributed by atoms with Crippen LogP contribution in [0.3, 0.4) is 0 Å². The number of nitrogen functional groups attached to an aromatic ring is 1. The molecular formula is C28H19N7Na2O7S2. The summed E-state index contributed by atoms with van der Waals surface area (Å²) in [6.07, 6.45) is 0. The fraction of sp³-hybridized carbons (Fsp3) is 0. The molecule has 18 heteroatoms. The third-order valence-corrected chi connectivity index (χ3v) is 7.70. The van der Waals surface area contributed by atoms with Gasteiger partial charge in [0.1, 0.15) is 26.4 Å². The van der Waals surface area contributed by atoms with Gasteiger partial charge in [0.2, 0.25) is 0 Å². The van der Waals surface area contributed by atoms with Crippen LogP contribution in [0.15, 0.2) is 138 Å². The predicted octanol–water partition coefficient (Wildman–Crippen LogP) is 0.901. The van der Waals surface area contributed by atoms with Crippen molar-refractivity contribution in [2.75, 3.05) is 5.73 Å². The van der Waals surface area contributed by atoms with Crippen LogP contribution in [0.4, 0.5) is 39.8 Å². The van der Waals surface area contributed by atoms with Crippen LogP contribution in [0.25, 0.3) is 10.8 Å². The number of azo groups is 3. The minimum absolute atomic E-state index is 0. The first-order valence-electron chi connectivity index (χ1n) is 12.4. The van der Waals surface area contributed by atoms with Gasteiger partial charge in [-0.3, -0.25) is 4.55 Å². The summed E-state index contributed by atoms with van der Waals surface area (Å²) in [6.45, 7) is 0. The number of rotatable bonds is 8. The average Bonchev–Trinajstić information content (AvgIpc) is 2.98. The predicted molar refractivity (Wildman–Crippen MR) is 157 cm³/mol. The Labute approximate surface area is 307 Å². The van der Waals surface area contributed by atoms with E-state index >= 15 is 0 Å². The van der Waals surface area contributed by atoms with Gasteiger partial charge in [0.15, 0.2) is 0 Å². The molecule has 0 saturated carbocycles. The van der Waals surface area contributed by atoms with Crippen LogP contribution in [-0.2, 0) is 20.2 Å². The molecule has 5 aromatic rings. The van der Waals surface area contributed by atoms with Gasteiger partial charge in [-0.2, -0.15) is 28.9 Å². The Morgan fingerprint density at radius 3 is 1.54 bits per heavy atom. The monoisotopic (exact) mass is 675 g/mol. The topological polar surface area (TPSA) is 235 Å². The molecule has 0 atom stereocenters. The zero-order chi connectivity index (χ0) is 31.5. The first kappa shape index (κ1) is 37.0. The fourth-order valence-electron chi connectivity index (χ4n) is 3.87. The second kappa shape index (κ2) is 15.4. The van der Waals surface area contributed by atoms with Crippen molar-refractivity contribution in [3.63, 3.8) is 0 Å². The van der Waals surface area contributed by atoms with Crippen molar-refractivity contribution in [3.05, 3.63) is 97.1 Å². The molecule has 0 saturated heterocycles. The summed E-state index contributed by atoms with van der Waals surface area (Å²) in [5.74, 6) is -0.351. The molecular weight excluding hydrogens is 656 g/mol. The maximum atomic E-state index is 12.2. The minimum Gasteiger partial charge on any atom is -0.871 e. The van der Waals surface area contributed by atoms with Gasteiger partial charge in [0.05, 0.1) is 27.6 Å². The number of hydrogen-bond acceptors (Lipinski definition) is 13. The van der Waals surface area contributed by atoms with Crippen LogP contribution in [0.1, 0.15) is 0 Å². The van der Waals surface area contributed by atoms with Gasteiger partial charge in [-0.25, -0.2) is 8.42 Å². The summed E-state index contributed by atoms with van der Waals surface area (Å²) in [5, 5.41) is 35.9. The molecule has 5 rings (SSSR count). The Hall–Kier alpha value is -3.42. The van der Waals surface area contributed by atoms with Crippen molar-refractivity contribution in [3.8, 4) is 5.75 Å². The summed E-state index contributed by atoms with van der Waals surface area (Å²) >= 11 is 0. The number of nitrogens with zero attached hydrogens (tertiary/aromatic N) is 6. The SMILES string of the molecule is Nc1ccc([O-])c(N=Nc2ccc(N=Nc3cc4cc(N=Nc5ccccc5)c(S(=O)(=O)[O-])cc4cc3S(=O)(=O)O)cc2)c1.[Na+].[Na+]. The minimum atomic E-state index is -5.05. The van der Waals surface area contributed by atoms with E-state index in [4.69, 9.17) is 5.73 Å². The molecule has 0 aliphatic heterocycles. The zero-order valence-electron chi connectivity index (χ0n) is 24.2. The number of fused-ring (bicyclic) bond motifs is 1. The van der Waals surface area contributed by atoms with Crippen molar-refractivity contribution < 1.29 is 90.2 Å². The summed E-state index contributed by atoms with van der Waals surface area (Å²) in [6, 6.07) is 22.9. The van der Waals surface area contributed by atoms with E-state index in [2.05, 4.69) is 30.7 Å². The summed E-state index contributed by atoms with van der Waals surface area (Å²) < 4.78 is 70.2. The van der Waals surface area contributed by atoms with Crippen molar-refractivity contribution in [1.29, 1.82) is 0 Å². The maximum Gasteiger partial charge on any atom is 1.00 e. The van der Waals surface area contributed by atoms with E-state index in [9.17, 15) is 31.0 Å². The normalized spacial score (nSPS) is 12.0. The van der Waals surface area contributed by atoms with E-state index < -0.39 is 30.0 Å². The molecule has 0 aliphatic rings. The third kappa shape index (κ3) is 9.32. The molecule has 14 nitrogen and oxygen atoms in total. The van der Waals surface area contributed by atoms with Gasteiger partial charge >= 0.3 is 59.1 Å². The average molecular weight is 676 g/mol. The van der Waals surface area contributed by atoms with Crippen molar-refractivity contribution in [1.82, 2.24) is 0 Å². The van der Waals surface area contributed by atoms with Gasteiger partial charge in [-0.15, -0.1) is 10.2 Å². The molecule has 3 N–H and O–H groups in total. The van der Waals surface area contributed by atoms with Crippen LogP contribution in [-0.4, -0.2) is 25.9 Å². The van der Waals surface area contributed by atoms with Crippen molar-refractivity contribution in [2.24, 2.45) is 30.7 Å². The number of benzene rings is 5. The number of nitrogens with two attached hydrogens (primary N) is 1. The van der Waals surface area contributed by atoms with E-state index in [1.54, 1.807) is 30.3 Å². The first-order valence-corrected chi connectivity index (χ1v) is 15.2. The van der Waals surface area contributed by atoms with Crippen LogP contribution < -0.4 is 70.0 Å². The zero-order valence-corrected chi connectivity index (χ0v) is 29.8. The Kier molecular flexibility index (Phi) is 12.4. The summed E-state index contributed by atoms with van der Waals surface area (Å²) in [5.41, 5.74) is 6.56. The Morgan fingerprint density at radius 2 is 1.02 bits per heavy atom. The fourth-order valence-corrected chi connectivity index (χ4v) is 5.14. The quantitative estimate of drug-likeness (QED) is 0.103. The van der Waals surface area contributed by atoms with E-state index in [1.165, 1.54) is 54.6 Å². The van der Waals surface area contributed by atoms with Crippen LogP contribution in [0.2, 0.25) is 0 Å². The molecule has 0 unspecified atom stereocenters. The number of anilines is 1. The smallest absolute Gasteiger partial charge is 0.871 e. The van der Waals surface area contributed by atoms with E-state index in [-0.39, 0.29) is 98.4 Å². The second-order valence-corrected chi connectivity index (χ2v) is 11.8. The Bertz CT molecular complexity index is 2200. The molecule has 0 amide bonds. The van der Waals surface area contributed by atoms with Crippen molar-refractivity contribution >= 4 is 70.8 Å². The Balaban J connectivity index is 0.00000288. The molecule has 0 radical (unpaired) electrons. The molecule has 0 aliphatic carbocycles.